The highest BCUT2D eigenvalue weighted by atomic mass is 16.4. The summed E-state index contributed by atoms with van der Waals surface area (Å²) in [7, 11) is 0. The molecule has 0 aliphatic rings. The van der Waals surface area contributed by atoms with E-state index in [-0.39, 0.29) is 29.2 Å². The summed E-state index contributed by atoms with van der Waals surface area (Å²) in [6.45, 7) is -1.26. The number of benzene rings is 1. The van der Waals surface area contributed by atoms with Crippen molar-refractivity contribution in [3.05, 3.63) is 52.1 Å². The number of fused-ring (bicyclic) bond motifs is 1. The van der Waals surface area contributed by atoms with E-state index in [1.807, 2.05) is 10.6 Å². The number of anilines is 2. The van der Waals surface area contributed by atoms with Crippen molar-refractivity contribution in [1.82, 2.24) is 46.5 Å². The van der Waals surface area contributed by atoms with Crippen LogP contribution in [0.3, 0.4) is 0 Å². The molecule has 59 heavy (non-hydrogen) atoms. The molecule has 2 heterocycles. The van der Waals surface area contributed by atoms with Gasteiger partial charge in [0, 0.05) is 30.6 Å². The van der Waals surface area contributed by atoms with Crippen molar-refractivity contribution in [2.75, 3.05) is 24.1 Å². The molecule has 0 fully saturated rings. The molecule has 3 rings (SSSR count). The average molecular weight is 829 g/mol. The third kappa shape index (κ3) is 15.0. The van der Waals surface area contributed by atoms with Gasteiger partial charge in [0.25, 0.3) is 11.5 Å². The average Bonchev–Trinajstić information content (AvgIpc) is 3.17. The van der Waals surface area contributed by atoms with Crippen molar-refractivity contribution in [3.8, 4) is 0 Å². The number of hydrogen-bond acceptors (Lipinski definition) is 16. The van der Waals surface area contributed by atoms with Crippen molar-refractivity contribution in [1.29, 1.82) is 0 Å². The molecule has 4 atom stereocenters. The molecule has 0 aliphatic carbocycles. The minimum Gasteiger partial charge on any atom is -0.481 e. The first-order chi connectivity index (χ1) is 27.8. The van der Waals surface area contributed by atoms with E-state index in [0.29, 0.717) is 11.4 Å². The number of nitrogen functional groups attached to an aromatic ring is 1. The third-order valence-corrected chi connectivity index (χ3v) is 7.95. The Morgan fingerprint density at radius 2 is 1.37 bits per heavy atom. The van der Waals surface area contributed by atoms with Gasteiger partial charge in [-0.1, -0.05) is 0 Å². The summed E-state index contributed by atoms with van der Waals surface area (Å²) in [5.41, 5.74) is 11.7. The van der Waals surface area contributed by atoms with Gasteiger partial charge in [0.2, 0.25) is 29.6 Å². The second-order valence-corrected chi connectivity index (χ2v) is 12.5. The number of nitrogens with two attached hydrogens (primary N) is 2. The van der Waals surface area contributed by atoms with E-state index in [1.54, 1.807) is 0 Å². The van der Waals surface area contributed by atoms with E-state index in [4.69, 9.17) is 21.7 Å². The first kappa shape index (κ1) is 45.6. The fourth-order valence-corrected chi connectivity index (χ4v) is 4.92. The Balaban J connectivity index is 1.44. The van der Waals surface area contributed by atoms with Crippen molar-refractivity contribution >= 4 is 76.2 Å². The van der Waals surface area contributed by atoms with Crippen LogP contribution in [0.5, 0.6) is 0 Å². The summed E-state index contributed by atoms with van der Waals surface area (Å²) in [5, 5.41) is 50.6. The molecule has 0 spiro atoms. The van der Waals surface area contributed by atoms with Gasteiger partial charge in [0.15, 0.2) is 11.2 Å². The number of carboxylic acids is 4. The van der Waals surface area contributed by atoms with Crippen LogP contribution < -0.4 is 48.9 Å². The van der Waals surface area contributed by atoms with Gasteiger partial charge in [-0.25, -0.2) is 19.6 Å². The Hall–Kier alpha value is -7.77. The zero-order valence-corrected chi connectivity index (χ0v) is 30.7. The van der Waals surface area contributed by atoms with E-state index in [1.165, 1.54) is 30.5 Å². The van der Waals surface area contributed by atoms with Gasteiger partial charge in [-0.2, -0.15) is 4.98 Å². The molecule has 1 aromatic carbocycles. The number of aromatic amines is 1. The van der Waals surface area contributed by atoms with Crippen LogP contribution in [-0.2, 0) is 44.9 Å². The minimum atomic E-state index is -1.69. The number of hydrogen-bond donors (Lipinski definition) is 13. The number of nitrogens with one attached hydrogen (secondary N) is 7. The number of amides is 5. The fourth-order valence-electron chi connectivity index (χ4n) is 4.92. The van der Waals surface area contributed by atoms with Gasteiger partial charge >= 0.3 is 23.9 Å². The molecule has 316 valence electrons. The van der Waals surface area contributed by atoms with Crippen LogP contribution in [0.4, 0.5) is 11.6 Å². The number of H-pyrrole nitrogens is 1. The van der Waals surface area contributed by atoms with E-state index in [0.717, 1.165) is 0 Å². The van der Waals surface area contributed by atoms with Crippen LogP contribution in [0.2, 0.25) is 0 Å². The maximum Gasteiger partial charge on any atom is 0.326 e. The standard InChI is InChI=1S/C33H40N12O14/c34-17(28(53)43-20(9-23(48)49)29(54)39-13-24(50)51)12-37-21(46)7-5-18(31(56)57)41-22(47)8-6-19(32(58)59)42-27(52)14-1-3-15(4-2-14)36-10-16-11-38-26-25(40-16)30(55)45-33(35)44-26/h1-4,11,17-20,36H,5-10,12-13,34H2,(H,37,46)(H,39,54)(H,41,47)(H,42,52)(H,43,53)(H,48,49)(H,50,51)(H,56,57)(H,58,59)(H3,35,38,44,45,55)/t17-,18-,19-,20-/m0/s1. The van der Waals surface area contributed by atoms with Crippen LogP contribution in [0.15, 0.2) is 35.3 Å². The number of aromatic nitrogens is 4. The molecule has 2 aromatic heterocycles. The molecule has 3 aromatic rings. The predicted octanol–water partition coefficient (Wildman–Crippen LogP) is -4.18. The van der Waals surface area contributed by atoms with Crippen LogP contribution in [-0.4, -0.2) is 131 Å². The zero-order chi connectivity index (χ0) is 43.8. The quantitative estimate of drug-likeness (QED) is 0.0431. The van der Waals surface area contributed by atoms with Crippen molar-refractivity contribution in [3.63, 3.8) is 0 Å². The molecular weight excluding hydrogens is 788 g/mol. The van der Waals surface area contributed by atoms with Gasteiger partial charge in [0.1, 0.15) is 30.7 Å². The maximum atomic E-state index is 12.8. The SMILES string of the molecule is Nc1nc2ncc(CNc3ccc(C(=O)N[C@@H](CCC(=O)N[C@@H](CCC(=O)NC[C@H](N)C(=O)N[C@@H](CC(=O)O)C(=O)NCC(=O)O)C(=O)O)C(=O)O)cc3)nc2c(=O)[nH]1. The topological polar surface area (TPSA) is 430 Å². The van der Waals surface area contributed by atoms with Gasteiger partial charge in [0.05, 0.1) is 24.9 Å². The largest absolute Gasteiger partial charge is 0.481 e. The summed E-state index contributed by atoms with van der Waals surface area (Å²) < 4.78 is 0. The minimum absolute atomic E-state index is 0.00955. The molecular formula is C33H40N12O14. The number of carboxylic acid groups (broad SMARTS) is 4. The Morgan fingerprint density at radius 3 is 1.98 bits per heavy atom. The van der Waals surface area contributed by atoms with Crippen LogP contribution in [0.25, 0.3) is 11.2 Å². The Bertz CT molecular complexity index is 2150. The van der Waals surface area contributed by atoms with E-state index in [2.05, 4.69) is 41.2 Å². The second kappa shape index (κ2) is 21.5. The number of nitrogens with zero attached hydrogens (tertiary/aromatic N) is 3. The summed E-state index contributed by atoms with van der Waals surface area (Å²) in [6.07, 6.45) is -1.44. The van der Waals surface area contributed by atoms with E-state index < -0.39 is 128 Å². The number of rotatable bonds is 23. The lowest BCUT2D eigenvalue weighted by atomic mass is 10.1. The second-order valence-electron chi connectivity index (χ2n) is 12.5. The highest BCUT2D eigenvalue weighted by Crippen LogP contribution is 2.13. The van der Waals surface area contributed by atoms with E-state index in [9.17, 15) is 58.2 Å². The molecule has 26 heteroatoms. The van der Waals surface area contributed by atoms with Gasteiger partial charge in [-0.15, -0.1) is 0 Å². The predicted molar refractivity (Wildman–Crippen MR) is 199 cm³/mol. The monoisotopic (exact) mass is 828 g/mol. The van der Waals surface area contributed by atoms with Crippen molar-refractivity contribution in [2.24, 2.45) is 5.73 Å². The Labute approximate surface area is 330 Å². The summed E-state index contributed by atoms with van der Waals surface area (Å²) >= 11 is 0. The highest BCUT2D eigenvalue weighted by molar-refractivity contribution is 5.97. The molecule has 0 radical (unpaired) electrons. The first-order valence-corrected chi connectivity index (χ1v) is 17.3. The first-order valence-electron chi connectivity index (χ1n) is 17.3. The lowest BCUT2D eigenvalue weighted by Crippen LogP contribution is -2.55. The van der Waals surface area contributed by atoms with Gasteiger partial charge in [-0.3, -0.25) is 43.3 Å². The number of aliphatic carboxylic acids is 4. The fraction of sp³-hybridized carbons (Fsp3) is 0.364. The van der Waals surface area contributed by atoms with Crippen LogP contribution >= 0.6 is 0 Å². The smallest absolute Gasteiger partial charge is 0.326 e. The Morgan fingerprint density at radius 1 is 0.746 bits per heavy atom. The van der Waals surface area contributed by atoms with Crippen LogP contribution in [0, 0.1) is 0 Å². The van der Waals surface area contributed by atoms with Gasteiger partial charge in [-0.05, 0) is 37.1 Å². The lowest BCUT2D eigenvalue weighted by molar-refractivity contribution is -0.143. The summed E-state index contributed by atoms with van der Waals surface area (Å²) in [5.74, 6) is -10.7. The van der Waals surface area contributed by atoms with E-state index >= 15 is 0 Å². The molecule has 15 N–H and O–H groups in total. The molecule has 0 bridgehead atoms. The van der Waals surface area contributed by atoms with Crippen molar-refractivity contribution in [2.45, 2.75) is 62.8 Å². The Kier molecular flexibility index (Phi) is 16.6. The summed E-state index contributed by atoms with van der Waals surface area (Å²) in [6, 6.07) is -0.534. The maximum absolute atomic E-state index is 12.8. The van der Waals surface area contributed by atoms with Crippen molar-refractivity contribution < 1.29 is 63.6 Å². The van der Waals surface area contributed by atoms with Gasteiger partial charge < -0.3 is 63.8 Å². The molecule has 5 amide bonds. The zero-order valence-electron chi connectivity index (χ0n) is 30.7. The molecule has 26 nitrogen and oxygen atoms in total. The highest BCUT2D eigenvalue weighted by Gasteiger charge is 2.28. The molecule has 0 aliphatic heterocycles. The van der Waals surface area contributed by atoms with Crippen LogP contribution in [0.1, 0.15) is 48.2 Å². The lowest BCUT2D eigenvalue weighted by Gasteiger charge is -2.19. The molecule has 0 saturated carbocycles. The summed E-state index contributed by atoms with van der Waals surface area (Å²) in [4.78, 5) is 134. The number of carbonyl (C=O) groups excluding carboxylic acids is 5. The molecule has 0 unspecified atom stereocenters. The normalized spacial score (nSPS) is 12.8. The third-order valence-electron chi connectivity index (χ3n) is 7.95. The number of carbonyl (C=O) groups is 9. The molecule has 0 saturated heterocycles.